The van der Waals surface area contributed by atoms with Gasteiger partial charge in [0.1, 0.15) is 12.1 Å². The topological polar surface area (TPSA) is 64.1 Å². The van der Waals surface area contributed by atoms with Crippen LogP contribution in [0.15, 0.2) is 24.5 Å². The monoisotopic (exact) mass is 397 g/mol. The second-order valence-electron chi connectivity index (χ2n) is 5.26. The summed E-state index contributed by atoms with van der Waals surface area (Å²) in [6.45, 7) is 0. The summed E-state index contributed by atoms with van der Waals surface area (Å²) >= 11 is 2.28. The fraction of sp³-hybridized carbons (Fsp3) is 0.400. The average Bonchev–Trinajstić information content (AvgIpc) is 2.95. The third kappa shape index (κ3) is 3.09. The summed E-state index contributed by atoms with van der Waals surface area (Å²) in [7, 11) is 1.45. The number of anilines is 1. The lowest BCUT2D eigenvalue weighted by atomic mass is 10.1. The minimum atomic E-state index is -0.110. The number of halogens is 1. The average molecular weight is 397 g/mol. The van der Waals surface area contributed by atoms with E-state index in [0.717, 1.165) is 39.6 Å². The lowest BCUT2D eigenvalue weighted by molar-refractivity contribution is -0.145. The van der Waals surface area contributed by atoms with Crippen molar-refractivity contribution in [3.63, 3.8) is 0 Å². The van der Waals surface area contributed by atoms with Crippen molar-refractivity contribution in [3.8, 4) is 0 Å². The Labute approximate surface area is 136 Å². The second-order valence-corrected chi connectivity index (χ2v) is 6.50. The van der Waals surface area contributed by atoms with Crippen LogP contribution in [-0.2, 0) is 9.53 Å². The summed E-state index contributed by atoms with van der Waals surface area (Å²) in [6, 6.07) is 6.36. The molecule has 0 amide bonds. The lowest BCUT2D eigenvalue weighted by Gasteiger charge is -2.15. The number of nitrogens with one attached hydrogen (secondary N) is 1. The third-order valence-electron chi connectivity index (χ3n) is 3.91. The zero-order valence-corrected chi connectivity index (χ0v) is 13.8. The van der Waals surface area contributed by atoms with Crippen molar-refractivity contribution in [1.82, 2.24) is 9.97 Å². The van der Waals surface area contributed by atoms with Gasteiger partial charge < -0.3 is 10.1 Å². The SMILES string of the molecule is COC(=O)[C@H]1CC[C@@H](Nc2ncnc3ccc(I)cc23)C1. The molecule has 0 saturated heterocycles. The molecule has 0 spiro atoms. The molecule has 1 aromatic carbocycles. The maximum absolute atomic E-state index is 11.6. The summed E-state index contributed by atoms with van der Waals surface area (Å²) in [4.78, 5) is 20.2. The number of nitrogens with zero attached hydrogens (tertiary/aromatic N) is 2. The molecule has 1 heterocycles. The highest BCUT2D eigenvalue weighted by molar-refractivity contribution is 14.1. The minimum absolute atomic E-state index is 0.000683. The normalized spacial score (nSPS) is 21.4. The van der Waals surface area contributed by atoms with Crippen LogP contribution in [0.25, 0.3) is 10.9 Å². The fourth-order valence-electron chi connectivity index (χ4n) is 2.83. The molecule has 21 heavy (non-hydrogen) atoms. The van der Waals surface area contributed by atoms with Crippen LogP contribution in [0.2, 0.25) is 0 Å². The van der Waals surface area contributed by atoms with Gasteiger partial charge >= 0.3 is 5.97 Å². The van der Waals surface area contributed by atoms with Gasteiger partial charge in [-0.1, -0.05) is 0 Å². The first kappa shape index (κ1) is 14.5. The van der Waals surface area contributed by atoms with Crippen molar-refractivity contribution in [1.29, 1.82) is 0 Å². The largest absolute Gasteiger partial charge is 0.469 e. The standard InChI is InChI=1S/C15H16IN3O2/c1-21-15(20)9-2-4-11(6-9)19-14-12-7-10(16)3-5-13(12)17-8-18-14/h3,5,7-9,11H,2,4,6H2,1H3,(H,17,18,19)/t9-,11+/m0/s1. The van der Waals surface area contributed by atoms with E-state index >= 15 is 0 Å². The zero-order chi connectivity index (χ0) is 14.8. The highest BCUT2D eigenvalue weighted by Crippen LogP contribution is 2.30. The molecule has 2 atom stereocenters. The van der Waals surface area contributed by atoms with Crippen LogP contribution >= 0.6 is 22.6 Å². The minimum Gasteiger partial charge on any atom is -0.469 e. The fourth-order valence-corrected chi connectivity index (χ4v) is 3.32. The van der Waals surface area contributed by atoms with Gasteiger partial charge in [0.2, 0.25) is 0 Å². The molecular formula is C15H16IN3O2. The predicted octanol–water partition coefficient (Wildman–Crippen LogP) is 2.99. The van der Waals surface area contributed by atoms with Crippen molar-refractivity contribution < 1.29 is 9.53 Å². The number of hydrogen-bond donors (Lipinski definition) is 1. The Morgan fingerprint density at radius 2 is 2.24 bits per heavy atom. The summed E-state index contributed by atoms with van der Waals surface area (Å²) in [5.74, 6) is 0.733. The molecule has 2 aromatic rings. The van der Waals surface area contributed by atoms with Gasteiger partial charge in [-0.05, 0) is 60.1 Å². The lowest BCUT2D eigenvalue weighted by Crippen LogP contribution is -2.19. The number of rotatable bonds is 3. The van der Waals surface area contributed by atoms with E-state index in [0.29, 0.717) is 0 Å². The van der Waals surface area contributed by atoms with Crippen LogP contribution in [0.5, 0.6) is 0 Å². The summed E-state index contributed by atoms with van der Waals surface area (Å²) < 4.78 is 5.98. The van der Waals surface area contributed by atoms with Crippen molar-refractivity contribution in [2.75, 3.05) is 12.4 Å². The van der Waals surface area contributed by atoms with E-state index in [-0.39, 0.29) is 17.9 Å². The zero-order valence-electron chi connectivity index (χ0n) is 11.7. The Morgan fingerprint density at radius 3 is 3.05 bits per heavy atom. The molecule has 1 N–H and O–H groups in total. The molecule has 110 valence electrons. The molecule has 1 aliphatic carbocycles. The number of methoxy groups -OCH3 is 1. The number of carbonyl (C=O) groups is 1. The number of hydrogen-bond acceptors (Lipinski definition) is 5. The van der Waals surface area contributed by atoms with Crippen LogP contribution in [0.4, 0.5) is 5.82 Å². The molecule has 1 saturated carbocycles. The maximum atomic E-state index is 11.6. The maximum Gasteiger partial charge on any atom is 0.308 e. The Morgan fingerprint density at radius 1 is 1.38 bits per heavy atom. The smallest absolute Gasteiger partial charge is 0.308 e. The Kier molecular flexibility index (Phi) is 4.23. The number of aromatic nitrogens is 2. The molecule has 1 aromatic heterocycles. The van der Waals surface area contributed by atoms with Crippen LogP contribution in [0.3, 0.4) is 0 Å². The molecular weight excluding hydrogens is 381 g/mol. The Bertz CT molecular complexity index is 677. The van der Waals surface area contributed by atoms with Crippen LogP contribution in [0, 0.1) is 9.49 Å². The summed E-state index contributed by atoms with van der Waals surface area (Å²) in [5.41, 5.74) is 0.926. The Hall–Kier alpha value is -1.44. The van der Waals surface area contributed by atoms with Crippen LogP contribution in [-0.4, -0.2) is 29.1 Å². The van der Waals surface area contributed by atoms with E-state index in [2.05, 4.69) is 43.9 Å². The van der Waals surface area contributed by atoms with Gasteiger partial charge in [0.25, 0.3) is 0 Å². The van der Waals surface area contributed by atoms with Gasteiger partial charge in [0.15, 0.2) is 0 Å². The highest BCUT2D eigenvalue weighted by atomic mass is 127. The van der Waals surface area contributed by atoms with Gasteiger partial charge in [-0.3, -0.25) is 4.79 Å². The van der Waals surface area contributed by atoms with Crippen molar-refractivity contribution in [2.45, 2.75) is 25.3 Å². The van der Waals surface area contributed by atoms with Gasteiger partial charge in [-0.15, -0.1) is 0 Å². The second kappa shape index (κ2) is 6.13. The van der Waals surface area contributed by atoms with E-state index in [1.165, 1.54) is 7.11 Å². The molecule has 0 bridgehead atoms. The van der Waals surface area contributed by atoms with Crippen molar-refractivity contribution in [2.24, 2.45) is 5.92 Å². The summed E-state index contributed by atoms with van der Waals surface area (Å²) in [6.07, 6.45) is 4.19. The van der Waals surface area contributed by atoms with E-state index < -0.39 is 0 Å². The molecule has 0 aliphatic heterocycles. The molecule has 1 fully saturated rings. The molecule has 6 heteroatoms. The van der Waals surface area contributed by atoms with Gasteiger partial charge in [0.05, 0.1) is 18.5 Å². The van der Waals surface area contributed by atoms with Crippen LogP contribution in [0.1, 0.15) is 19.3 Å². The van der Waals surface area contributed by atoms with Gasteiger partial charge in [-0.25, -0.2) is 9.97 Å². The van der Waals surface area contributed by atoms with Gasteiger partial charge in [0, 0.05) is 15.0 Å². The number of esters is 1. The Balaban J connectivity index is 1.80. The molecule has 0 unspecified atom stereocenters. The summed E-state index contributed by atoms with van der Waals surface area (Å²) in [5, 5.41) is 4.48. The highest BCUT2D eigenvalue weighted by Gasteiger charge is 2.30. The molecule has 0 radical (unpaired) electrons. The molecule has 1 aliphatic rings. The first-order valence-electron chi connectivity index (χ1n) is 6.92. The van der Waals surface area contributed by atoms with E-state index in [4.69, 9.17) is 4.74 Å². The third-order valence-corrected chi connectivity index (χ3v) is 4.58. The quantitative estimate of drug-likeness (QED) is 0.638. The first-order valence-corrected chi connectivity index (χ1v) is 8.00. The van der Waals surface area contributed by atoms with Crippen molar-refractivity contribution >= 4 is 45.3 Å². The van der Waals surface area contributed by atoms with E-state index in [1.807, 2.05) is 12.1 Å². The van der Waals surface area contributed by atoms with E-state index in [1.54, 1.807) is 6.33 Å². The molecule has 3 rings (SSSR count). The number of ether oxygens (including phenoxy) is 1. The van der Waals surface area contributed by atoms with Crippen molar-refractivity contribution in [3.05, 3.63) is 28.1 Å². The first-order chi connectivity index (χ1) is 10.2. The van der Waals surface area contributed by atoms with E-state index in [9.17, 15) is 4.79 Å². The number of fused-ring (bicyclic) bond motifs is 1. The number of carbonyl (C=O) groups excluding carboxylic acids is 1. The number of benzene rings is 1. The van der Waals surface area contributed by atoms with Gasteiger partial charge in [-0.2, -0.15) is 0 Å². The molecule has 5 nitrogen and oxygen atoms in total. The predicted molar refractivity (Wildman–Crippen MR) is 89.0 cm³/mol. The van der Waals surface area contributed by atoms with Crippen LogP contribution < -0.4 is 5.32 Å².